The summed E-state index contributed by atoms with van der Waals surface area (Å²) in [5, 5.41) is 25.1. The van der Waals surface area contributed by atoms with Gasteiger partial charge in [0.1, 0.15) is 11.6 Å². The van der Waals surface area contributed by atoms with Gasteiger partial charge in [-0.3, -0.25) is 0 Å². The number of nitrogens with zero attached hydrogens (tertiary/aromatic N) is 2. The SMILES string of the molecule is CCCCC(CO)CCC1=CC(C2(C3=CC=CCC3)C3=C(C=C4C=CC=CC4C3)c3ccc(C4N=C(OCC(CC)CCCC)N=C(C5=C(O)C=CCC5)N4)cc32)CCC1. The van der Waals surface area contributed by atoms with Crippen LogP contribution in [0.2, 0.25) is 0 Å². The number of rotatable bonds is 17. The Morgan fingerprint density at radius 3 is 2.58 bits per heavy atom. The number of nitrogens with one attached hydrogen (secondary N) is 1. The van der Waals surface area contributed by atoms with Gasteiger partial charge in [-0.1, -0.05) is 137 Å². The van der Waals surface area contributed by atoms with Gasteiger partial charge in [-0.2, -0.15) is 4.99 Å². The minimum absolute atomic E-state index is 0.261. The first-order valence-electron chi connectivity index (χ1n) is 23.7. The highest BCUT2D eigenvalue weighted by molar-refractivity contribution is 6.06. The molecule has 1 aliphatic heterocycles. The van der Waals surface area contributed by atoms with E-state index in [0.717, 1.165) is 81.8 Å². The number of aliphatic hydroxyl groups is 2. The number of hydrogen-bond acceptors (Lipinski definition) is 6. The molecule has 0 saturated heterocycles. The van der Waals surface area contributed by atoms with Crippen molar-refractivity contribution >= 4 is 17.4 Å². The van der Waals surface area contributed by atoms with Crippen LogP contribution in [0.25, 0.3) is 5.57 Å². The Morgan fingerprint density at radius 1 is 0.950 bits per heavy atom. The number of amidine groups is 2. The molecule has 318 valence electrons. The molecule has 7 aliphatic rings. The van der Waals surface area contributed by atoms with E-state index in [1.54, 1.807) is 17.2 Å². The number of benzene rings is 1. The second kappa shape index (κ2) is 19.5. The number of ether oxygens (including phenoxy) is 1. The van der Waals surface area contributed by atoms with Gasteiger partial charge in [0.15, 0.2) is 6.17 Å². The third kappa shape index (κ3) is 8.69. The van der Waals surface area contributed by atoms with Gasteiger partial charge in [0, 0.05) is 23.5 Å². The van der Waals surface area contributed by atoms with Gasteiger partial charge in [0.05, 0.1) is 6.61 Å². The first-order chi connectivity index (χ1) is 29.5. The van der Waals surface area contributed by atoms with Gasteiger partial charge in [-0.05, 0) is 140 Å². The summed E-state index contributed by atoms with van der Waals surface area (Å²) < 4.78 is 6.51. The highest BCUT2D eigenvalue weighted by Crippen LogP contribution is 2.62. The second-order valence-corrected chi connectivity index (χ2v) is 18.4. The van der Waals surface area contributed by atoms with Crippen molar-refractivity contribution in [3.8, 4) is 0 Å². The molecule has 6 unspecified atom stereocenters. The Labute approximate surface area is 360 Å². The zero-order valence-corrected chi connectivity index (χ0v) is 36.6. The molecule has 0 fully saturated rings. The van der Waals surface area contributed by atoms with Crippen molar-refractivity contribution in [3.63, 3.8) is 0 Å². The summed E-state index contributed by atoms with van der Waals surface area (Å²) in [7, 11) is 0. The van der Waals surface area contributed by atoms with Gasteiger partial charge < -0.3 is 20.3 Å². The minimum Gasteiger partial charge on any atom is -0.508 e. The van der Waals surface area contributed by atoms with Crippen LogP contribution in [0.1, 0.15) is 153 Å². The van der Waals surface area contributed by atoms with E-state index in [-0.39, 0.29) is 17.8 Å². The van der Waals surface area contributed by atoms with Crippen molar-refractivity contribution in [2.45, 2.75) is 142 Å². The Kier molecular flexibility index (Phi) is 13.8. The quantitative estimate of drug-likeness (QED) is 0.137. The van der Waals surface area contributed by atoms with Gasteiger partial charge in [0.2, 0.25) is 0 Å². The lowest BCUT2D eigenvalue weighted by atomic mass is 9.57. The molecule has 0 bridgehead atoms. The maximum Gasteiger partial charge on any atom is 0.316 e. The van der Waals surface area contributed by atoms with Crippen LogP contribution in [0.4, 0.5) is 0 Å². The molecule has 6 aliphatic carbocycles. The van der Waals surface area contributed by atoms with E-state index in [4.69, 9.17) is 14.7 Å². The predicted molar refractivity (Wildman–Crippen MR) is 249 cm³/mol. The fourth-order valence-electron chi connectivity index (χ4n) is 11.1. The van der Waals surface area contributed by atoms with Crippen LogP contribution >= 0.6 is 0 Å². The summed E-state index contributed by atoms with van der Waals surface area (Å²) in [5.41, 5.74) is 11.9. The van der Waals surface area contributed by atoms with Crippen LogP contribution in [0, 0.1) is 23.7 Å². The first-order valence-corrected chi connectivity index (χ1v) is 23.7. The van der Waals surface area contributed by atoms with Crippen molar-refractivity contribution in [3.05, 3.63) is 135 Å². The standard InChI is InChI=1S/C54H69N3O3/c1-4-7-17-37(6-3)36-60-53-56-51(55-52(57-53)46-25-14-15-26-50(46)59)42-29-30-45-47-32-40-20-12-13-21-41(40)33-49(47)54(48(45)34-42,43-22-10-9-11-23-43)44-24-16-19-38(31-44)27-28-39(35-58)18-8-5-2/h9-10,12-13,15,20-22,26,29-32,34,37,39,41,44,51,58-59H,4-8,11,14,16-19,23-25,27-28,33,35-36H2,1-3H3,(H,55,56,57). The van der Waals surface area contributed by atoms with Crippen molar-refractivity contribution < 1.29 is 14.9 Å². The first kappa shape index (κ1) is 42.3. The van der Waals surface area contributed by atoms with E-state index in [9.17, 15) is 10.2 Å². The third-order valence-corrected chi connectivity index (χ3v) is 14.5. The maximum atomic E-state index is 11.1. The summed E-state index contributed by atoms with van der Waals surface area (Å²) in [4.78, 5) is 10.1. The zero-order valence-electron chi connectivity index (χ0n) is 36.6. The van der Waals surface area contributed by atoms with E-state index in [1.165, 1.54) is 60.0 Å². The number of allylic oxidation sites excluding steroid dienone is 16. The summed E-state index contributed by atoms with van der Waals surface area (Å²) in [5.74, 6) is 2.44. The number of fused-ring (bicyclic) bond motifs is 3. The third-order valence-electron chi connectivity index (χ3n) is 14.5. The highest BCUT2D eigenvalue weighted by atomic mass is 16.5. The van der Waals surface area contributed by atoms with E-state index < -0.39 is 6.17 Å². The Balaban J connectivity index is 1.23. The minimum atomic E-state index is -0.418. The molecular weight excluding hydrogens is 739 g/mol. The molecule has 0 radical (unpaired) electrons. The van der Waals surface area contributed by atoms with Crippen molar-refractivity contribution in [1.29, 1.82) is 0 Å². The van der Waals surface area contributed by atoms with E-state index >= 15 is 0 Å². The molecule has 3 N–H and O–H groups in total. The monoisotopic (exact) mass is 808 g/mol. The number of unbranched alkanes of at least 4 members (excludes halogenated alkanes) is 2. The molecule has 0 saturated carbocycles. The average Bonchev–Trinajstić information content (AvgIpc) is 3.58. The van der Waals surface area contributed by atoms with Crippen LogP contribution in [-0.4, -0.2) is 35.3 Å². The summed E-state index contributed by atoms with van der Waals surface area (Å²) >= 11 is 0. The molecule has 8 rings (SSSR count). The number of hydrogen-bond donors (Lipinski definition) is 3. The Bertz CT molecular complexity index is 2100. The molecule has 60 heavy (non-hydrogen) atoms. The lowest BCUT2D eigenvalue weighted by Crippen LogP contribution is -2.40. The lowest BCUT2D eigenvalue weighted by molar-refractivity contribution is 0.207. The van der Waals surface area contributed by atoms with Gasteiger partial charge in [-0.25, -0.2) is 4.99 Å². The van der Waals surface area contributed by atoms with Gasteiger partial charge in [-0.15, -0.1) is 0 Å². The van der Waals surface area contributed by atoms with Crippen LogP contribution in [0.3, 0.4) is 0 Å². The molecule has 6 atom stereocenters. The van der Waals surface area contributed by atoms with Crippen LogP contribution in [0.5, 0.6) is 0 Å². The Hall–Kier alpha value is -4.42. The second-order valence-electron chi connectivity index (χ2n) is 18.4. The fourth-order valence-corrected chi connectivity index (χ4v) is 11.1. The molecular formula is C54H69N3O3. The van der Waals surface area contributed by atoms with E-state index in [0.29, 0.717) is 48.6 Å². The summed E-state index contributed by atoms with van der Waals surface area (Å²) in [6.45, 7) is 7.60. The summed E-state index contributed by atoms with van der Waals surface area (Å²) in [6.07, 6.45) is 43.2. The van der Waals surface area contributed by atoms with Crippen LogP contribution in [0.15, 0.2) is 129 Å². The highest BCUT2D eigenvalue weighted by Gasteiger charge is 2.53. The topological polar surface area (TPSA) is 86.4 Å². The predicted octanol–water partition coefficient (Wildman–Crippen LogP) is 13.1. The lowest BCUT2D eigenvalue weighted by Gasteiger charge is -2.46. The molecule has 1 aromatic rings. The van der Waals surface area contributed by atoms with Crippen LogP contribution < -0.4 is 5.32 Å². The maximum absolute atomic E-state index is 11.1. The largest absolute Gasteiger partial charge is 0.508 e. The molecule has 0 aromatic heterocycles. The van der Waals surface area contributed by atoms with E-state index in [1.807, 2.05) is 6.08 Å². The number of aliphatic hydroxyl groups excluding tert-OH is 2. The smallest absolute Gasteiger partial charge is 0.316 e. The molecule has 0 spiro atoms. The fraction of sp³-hybridized carbons (Fsp3) is 0.519. The van der Waals surface area contributed by atoms with Crippen LogP contribution in [-0.2, 0) is 10.2 Å². The van der Waals surface area contributed by atoms with Gasteiger partial charge >= 0.3 is 6.02 Å². The zero-order chi connectivity index (χ0) is 41.5. The normalized spacial score (nSPS) is 26.6. The molecule has 6 nitrogen and oxygen atoms in total. The average molecular weight is 808 g/mol. The summed E-state index contributed by atoms with van der Waals surface area (Å²) in [6, 6.07) is 7.54. The van der Waals surface area contributed by atoms with Crippen molar-refractivity contribution in [2.24, 2.45) is 33.7 Å². The van der Waals surface area contributed by atoms with Gasteiger partial charge in [0.25, 0.3) is 0 Å². The molecule has 6 heteroatoms. The molecule has 1 heterocycles. The number of aliphatic imine (C=N–C) groups is 2. The van der Waals surface area contributed by atoms with Crippen molar-refractivity contribution in [1.82, 2.24) is 5.32 Å². The molecule has 0 amide bonds. The molecule has 1 aromatic carbocycles. The Morgan fingerprint density at radius 2 is 1.80 bits per heavy atom. The van der Waals surface area contributed by atoms with Crippen molar-refractivity contribution in [2.75, 3.05) is 13.2 Å². The van der Waals surface area contributed by atoms with E-state index in [2.05, 4.69) is 99.0 Å².